The number of piperazine rings is 1. The Bertz CT molecular complexity index is 363. The van der Waals surface area contributed by atoms with Gasteiger partial charge in [-0.3, -0.25) is 4.90 Å². The van der Waals surface area contributed by atoms with E-state index in [2.05, 4.69) is 35.6 Å². The predicted octanol–water partition coefficient (Wildman–Crippen LogP) is 2.03. The zero-order valence-electron chi connectivity index (χ0n) is 12.3. The highest BCUT2D eigenvalue weighted by Crippen LogP contribution is 2.25. The summed E-state index contributed by atoms with van der Waals surface area (Å²) in [5.41, 5.74) is 6.32. The summed E-state index contributed by atoms with van der Waals surface area (Å²) >= 11 is 1.73. The first kappa shape index (κ1) is 14.8. The number of rotatable bonds is 4. The summed E-state index contributed by atoms with van der Waals surface area (Å²) in [5, 5.41) is 3.20. The zero-order valence-corrected chi connectivity index (χ0v) is 13.1. The number of nitrogens with two attached hydrogens (primary N) is 1. The van der Waals surface area contributed by atoms with Crippen LogP contribution in [0.25, 0.3) is 0 Å². The van der Waals surface area contributed by atoms with Crippen LogP contribution in [-0.2, 0) is 0 Å². The van der Waals surface area contributed by atoms with Gasteiger partial charge in [0.1, 0.15) is 0 Å². The van der Waals surface area contributed by atoms with E-state index in [1.165, 1.54) is 6.42 Å². The Hall–Kier alpha value is -0.650. The van der Waals surface area contributed by atoms with Crippen LogP contribution in [0, 0.1) is 5.41 Å². The average Bonchev–Trinajstić information content (AvgIpc) is 2.89. The zero-order chi connectivity index (χ0) is 13.9. The highest BCUT2D eigenvalue weighted by Gasteiger charge is 2.27. The van der Waals surface area contributed by atoms with Crippen molar-refractivity contribution in [2.45, 2.75) is 33.2 Å². The fourth-order valence-electron chi connectivity index (χ4n) is 2.72. The molecular formula is C14H26N4S. The van der Waals surface area contributed by atoms with E-state index in [0.29, 0.717) is 11.5 Å². The van der Waals surface area contributed by atoms with Gasteiger partial charge in [-0.2, -0.15) is 0 Å². The molecule has 108 valence electrons. The van der Waals surface area contributed by atoms with Crippen molar-refractivity contribution < 1.29 is 0 Å². The van der Waals surface area contributed by atoms with Gasteiger partial charge in [-0.05, 0) is 11.8 Å². The minimum Gasteiger partial charge on any atom is -0.346 e. The maximum absolute atomic E-state index is 5.97. The van der Waals surface area contributed by atoms with Gasteiger partial charge in [0.15, 0.2) is 5.13 Å². The molecule has 0 bridgehead atoms. The summed E-state index contributed by atoms with van der Waals surface area (Å²) in [6.45, 7) is 12.0. The largest absolute Gasteiger partial charge is 0.346 e. The van der Waals surface area contributed by atoms with Gasteiger partial charge < -0.3 is 10.6 Å². The van der Waals surface area contributed by atoms with E-state index in [0.717, 1.165) is 37.9 Å². The molecule has 2 rings (SSSR count). The Morgan fingerprint density at radius 3 is 2.47 bits per heavy atom. The molecule has 2 N–H and O–H groups in total. The first-order valence-corrected chi connectivity index (χ1v) is 7.96. The third-order valence-electron chi connectivity index (χ3n) is 3.64. The molecule has 1 aliphatic heterocycles. The highest BCUT2D eigenvalue weighted by molar-refractivity contribution is 7.13. The lowest BCUT2D eigenvalue weighted by atomic mass is 9.87. The Kier molecular flexibility index (Phi) is 4.81. The molecule has 1 unspecified atom stereocenters. The summed E-state index contributed by atoms with van der Waals surface area (Å²) in [6, 6.07) is 0.512. The molecule has 1 fully saturated rings. The van der Waals surface area contributed by atoms with Crippen molar-refractivity contribution in [3.63, 3.8) is 0 Å². The van der Waals surface area contributed by atoms with Crippen LogP contribution in [0.15, 0.2) is 11.6 Å². The van der Waals surface area contributed by atoms with Gasteiger partial charge in [0.25, 0.3) is 0 Å². The van der Waals surface area contributed by atoms with E-state index < -0.39 is 0 Å². The third kappa shape index (κ3) is 4.16. The maximum Gasteiger partial charge on any atom is 0.185 e. The SMILES string of the molecule is CC(C)(C)CC(CN)N1CCN(c2nccs2)CC1. The predicted molar refractivity (Wildman–Crippen MR) is 82.8 cm³/mol. The normalized spacial score (nSPS) is 19.7. The van der Waals surface area contributed by atoms with E-state index >= 15 is 0 Å². The van der Waals surface area contributed by atoms with Crippen molar-refractivity contribution in [2.75, 3.05) is 37.6 Å². The van der Waals surface area contributed by atoms with Gasteiger partial charge in [-0.25, -0.2) is 4.98 Å². The Morgan fingerprint density at radius 1 is 1.32 bits per heavy atom. The Morgan fingerprint density at radius 2 is 2.00 bits per heavy atom. The first-order valence-electron chi connectivity index (χ1n) is 7.08. The quantitative estimate of drug-likeness (QED) is 0.918. The highest BCUT2D eigenvalue weighted by atomic mass is 32.1. The van der Waals surface area contributed by atoms with Gasteiger partial charge in [0.2, 0.25) is 0 Å². The van der Waals surface area contributed by atoms with Gasteiger partial charge in [-0.15, -0.1) is 11.3 Å². The molecule has 1 atom stereocenters. The molecule has 0 spiro atoms. The summed E-state index contributed by atoms with van der Waals surface area (Å²) in [7, 11) is 0. The summed E-state index contributed by atoms with van der Waals surface area (Å²) < 4.78 is 0. The minimum absolute atomic E-state index is 0.344. The van der Waals surface area contributed by atoms with Crippen molar-refractivity contribution >= 4 is 16.5 Å². The van der Waals surface area contributed by atoms with Crippen LogP contribution in [0.3, 0.4) is 0 Å². The maximum atomic E-state index is 5.97. The van der Waals surface area contributed by atoms with Gasteiger partial charge >= 0.3 is 0 Å². The Balaban J connectivity index is 1.88. The second-order valence-electron chi connectivity index (χ2n) is 6.49. The van der Waals surface area contributed by atoms with Crippen LogP contribution in [-0.4, -0.2) is 48.6 Å². The molecule has 0 saturated carbocycles. The van der Waals surface area contributed by atoms with Crippen molar-refractivity contribution in [1.29, 1.82) is 0 Å². The number of nitrogens with zero attached hydrogens (tertiary/aromatic N) is 3. The second kappa shape index (κ2) is 6.20. The van der Waals surface area contributed by atoms with Crippen LogP contribution >= 0.6 is 11.3 Å². The number of thiazole rings is 1. The Labute approximate surface area is 120 Å². The van der Waals surface area contributed by atoms with E-state index in [9.17, 15) is 0 Å². The van der Waals surface area contributed by atoms with Crippen LogP contribution in [0.5, 0.6) is 0 Å². The van der Waals surface area contributed by atoms with Gasteiger partial charge in [0.05, 0.1) is 0 Å². The number of hydrogen-bond acceptors (Lipinski definition) is 5. The van der Waals surface area contributed by atoms with Crippen LogP contribution < -0.4 is 10.6 Å². The molecule has 4 nitrogen and oxygen atoms in total. The molecule has 1 aromatic rings. The number of hydrogen-bond donors (Lipinski definition) is 1. The van der Waals surface area contributed by atoms with Crippen molar-refractivity contribution in [1.82, 2.24) is 9.88 Å². The van der Waals surface area contributed by atoms with Gasteiger partial charge in [-0.1, -0.05) is 20.8 Å². The van der Waals surface area contributed by atoms with Crippen molar-refractivity contribution in [3.8, 4) is 0 Å². The van der Waals surface area contributed by atoms with E-state index in [4.69, 9.17) is 5.73 Å². The molecule has 0 aliphatic carbocycles. The lowest BCUT2D eigenvalue weighted by Gasteiger charge is -2.40. The lowest BCUT2D eigenvalue weighted by molar-refractivity contribution is 0.145. The van der Waals surface area contributed by atoms with Crippen LogP contribution in [0.2, 0.25) is 0 Å². The molecule has 1 aliphatic rings. The van der Waals surface area contributed by atoms with Crippen molar-refractivity contribution in [2.24, 2.45) is 11.1 Å². The van der Waals surface area contributed by atoms with E-state index in [-0.39, 0.29) is 0 Å². The molecule has 0 aromatic carbocycles. The molecule has 5 heteroatoms. The number of aromatic nitrogens is 1. The summed E-state index contributed by atoms with van der Waals surface area (Å²) in [5.74, 6) is 0. The molecule has 2 heterocycles. The average molecular weight is 282 g/mol. The molecule has 1 aromatic heterocycles. The fraction of sp³-hybridized carbons (Fsp3) is 0.786. The first-order chi connectivity index (χ1) is 8.99. The minimum atomic E-state index is 0.344. The molecule has 0 radical (unpaired) electrons. The van der Waals surface area contributed by atoms with E-state index in [1.54, 1.807) is 11.3 Å². The summed E-state index contributed by atoms with van der Waals surface area (Å²) in [4.78, 5) is 9.32. The third-order valence-corrected chi connectivity index (χ3v) is 4.47. The smallest absolute Gasteiger partial charge is 0.185 e. The standard InChI is InChI=1S/C14H26N4S/c1-14(2,3)10-12(11-15)17-5-7-18(8-6-17)13-16-4-9-19-13/h4,9,12H,5-8,10-11,15H2,1-3H3. The monoisotopic (exact) mass is 282 g/mol. The van der Waals surface area contributed by atoms with Crippen LogP contribution in [0.1, 0.15) is 27.2 Å². The van der Waals surface area contributed by atoms with Crippen molar-refractivity contribution in [3.05, 3.63) is 11.6 Å². The van der Waals surface area contributed by atoms with E-state index in [1.807, 2.05) is 11.6 Å². The topological polar surface area (TPSA) is 45.4 Å². The summed E-state index contributed by atoms with van der Waals surface area (Å²) in [6.07, 6.45) is 3.05. The second-order valence-corrected chi connectivity index (χ2v) is 7.37. The molecule has 0 amide bonds. The fourth-order valence-corrected chi connectivity index (χ4v) is 3.42. The molecule has 19 heavy (non-hydrogen) atoms. The number of anilines is 1. The van der Waals surface area contributed by atoms with Gasteiger partial charge in [0, 0.05) is 50.3 Å². The molecular weight excluding hydrogens is 256 g/mol. The molecule has 1 saturated heterocycles. The van der Waals surface area contributed by atoms with Crippen LogP contribution in [0.4, 0.5) is 5.13 Å². The lowest BCUT2D eigenvalue weighted by Crippen LogP contribution is -2.53.